The lowest BCUT2D eigenvalue weighted by molar-refractivity contribution is -0.345. The zero-order valence-electron chi connectivity index (χ0n) is 37.8. The molecule has 2 aliphatic rings. The number of nitrogens with one attached hydrogen (secondary N) is 1. The molecule has 67 heavy (non-hydrogen) atoms. The molecule has 6 aromatic carbocycles. The van der Waals surface area contributed by atoms with Gasteiger partial charge in [0.1, 0.15) is 30.5 Å². The number of carbonyl (C=O) groups excluding carboxylic acids is 1. The molecule has 350 valence electrons. The van der Waals surface area contributed by atoms with Crippen LogP contribution in [-0.2, 0) is 80.5 Å². The van der Waals surface area contributed by atoms with Crippen LogP contribution in [0.4, 0.5) is 0 Å². The van der Waals surface area contributed by atoms with Crippen LogP contribution in [0, 0.1) is 0 Å². The standard InChI is InChI=1S/C55H59NO11/c1-39-47(49(61-35-42-25-13-5-14-26-42)51(54(58-2)64-39)63-37-44-29-17-7-18-30-44)56-67-55-52(66-53(57)45-31-19-8-20-32-45)50(62-36-43-27-15-6-16-28-43)48(60-34-41-23-11-4-12-24-41)46(65-55)38-59-33-40-21-9-3-10-22-40/h3-32,39,46-52,54-56H,33-38H2,1-2H3/t39-,46-,47+,48-,49+,50+,51-,52-,54+,55+/m1/s1. The van der Waals surface area contributed by atoms with Crippen LogP contribution in [-0.4, -0.2) is 81.0 Å². The first-order chi connectivity index (χ1) is 33.0. The van der Waals surface area contributed by atoms with Gasteiger partial charge in [0.25, 0.3) is 0 Å². The number of hydrogen-bond donors (Lipinski definition) is 1. The van der Waals surface area contributed by atoms with Gasteiger partial charge in [-0.2, -0.15) is 5.48 Å². The van der Waals surface area contributed by atoms with Crippen LogP contribution in [0.15, 0.2) is 182 Å². The SMILES string of the molecule is CO[C@H]1O[C@H](C)[C@H](NO[C@@H]2O[C@H](COCc3ccccc3)[C@@H](OCc3ccccc3)[C@H](OCc3ccccc3)[C@H]2OC(=O)c2ccccc2)[C@H](OCc2ccccc2)[C@H]1OCc1ccccc1. The summed E-state index contributed by atoms with van der Waals surface area (Å²) in [5.74, 6) is -0.590. The molecule has 0 aliphatic carbocycles. The molecule has 2 saturated heterocycles. The molecule has 1 N–H and O–H groups in total. The van der Waals surface area contributed by atoms with Gasteiger partial charge < -0.3 is 42.6 Å². The van der Waals surface area contributed by atoms with E-state index in [0.717, 1.165) is 27.8 Å². The lowest BCUT2D eigenvalue weighted by Crippen LogP contribution is -2.66. The fourth-order valence-electron chi connectivity index (χ4n) is 8.19. The Labute approximate surface area is 392 Å². The van der Waals surface area contributed by atoms with Crippen LogP contribution in [0.1, 0.15) is 45.1 Å². The number of ether oxygens (including phenoxy) is 9. The van der Waals surface area contributed by atoms with Gasteiger partial charge >= 0.3 is 5.97 Å². The fourth-order valence-corrected chi connectivity index (χ4v) is 8.19. The smallest absolute Gasteiger partial charge is 0.338 e. The Kier molecular flexibility index (Phi) is 17.8. The molecule has 0 radical (unpaired) electrons. The highest BCUT2D eigenvalue weighted by molar-refractivity contribution is 5.89. The molecule has 0 amide bonds. The lowest BCUT2D eigenvalue weighted by Gasteiger charge is -2.47. The summed E-state index contributed by atoms with van der Waals surface area (Å²) in [4.78, 5) is 20.9. The number of hydrogen-bond acceptors (Lipinski definition) is 12. The van der Waals surface area contributed by atoms with E-state index in [1.165, 1.54) is 0 Å². The number of carbonyl (C=O) groups is 1. The van der Waals surface area contributed by atoms with Crippen molar-refractivity contribution in [3.05, 3.63) is 215 Å². The Hall–Kier alpha value is -5.61. The number of esters is 1. The van der Waals surface area contributed by atoms with Crippen molar-refractivity contribution in [2.45, 2.75) is 101 Å². The predicted octanol–water partition coefficient (Wildman–Crippen LogP) is 8.78. The third-order valence-electron chi connectivity index (χ3n) is 11.7. The van der Waals surface area contributed by atoms with Crippen molar-refractivity contribution in [3.63, 3.8) is 0 Å². The zero-order chi connectivity index (χ0) is 46.0. The van der Waals surface area contributed by atoms with Gasteiger partial charge in [-0.15, -0.1) is 0 Å². The van der Waals surface area contributed by atoms with E-state index in [1.54, 1.807) is 31.4 Å². The summed E-state index contributed by atoms with van der Waals surface area (Å²) in [6.45, 7) is 3.27. The summed E-state index contributed by atoms with van der Waals surface area (Å²) in [7, 11) is 1.59. The van der Waals surface area contributed by atoms with Crippen LogP contribution in [0.3, 0.4) is 0 Å². The van der Waals surface area contributed by atoms with E-state index < -0.39 is 67.3 Å². The summed E-state index contributed by atoms with van der Waals surface area (Å²) in [5.41, 5.74) is 8.42. The molecule has 12 heteroatoms. The fraction of sp³-hybridized carbons (Fsp3) is 0.327. The highest BCUT2D eigenvalue weighted by atomic mass is 16.8. The molecule has 0 aromatic heterocycles. The van der Waals surface area contributed by atoms with E-state index in [2.05, 4.69) is 5.48 Å². The molecule has 0 unspecified atom stereocenters. The Bertz CT molecular complexity index is 2310. The summed E-state index contributed by atoms with van der Waals surface area (Å²) >= 11 is 0. The van der Waals surface area contributed by atoms with E-state index in [9.17, 15) is 4.79 Å². The summed E-state index contributed by atoms with van der Waals surface area (Å²) in [6.07, 6.45) is -7.61. The van der Waals surface area contributed by atoms with Gasteiger partial charge in [-0.3, -0.25) is 4.84 Å². The minimum atomic E-state index is -1.26. The third-order valence-corrected chi connectivity index (χ3v) is 11.7. The first-order valence-corrected chi connectivity index (χ1v) is 22.8. The van der Waals surface area contributed by atoms with Crippen LogP contribution in [0.2, 0.25) is 0 Å². The lowest BCUT2D eigenvalue weighted by atomic mass is 9.96. The minimum Gasteiger partial charge on any atom is -0.450 e. The van der Waals surface area contributed by atoms with E-state index in [4.69, 9.17) is 47.5 Å². The van der Waals surface area contributed by atoms with Crippen molar-refractivity contribution >= 4 is 5.97 Å². The van der Waals surface area contributed by atoms with E-state index in [1.807, 2.05) is 165 Å². The molecule has 2 aliphatic heterocycles. The van der Waals surface area contributed by atoms with Gasteiger partial charge in [-0.05, 0) is 46.9 Å². The monoisotopic (exact) mass is 909 g/mol. The van der Waals surface area contributed by atoms with E-state index >= 15 is 0 Å². The summed E-state index contributed by atoms with van der Waals surface area (Å²) in [6, 6.07) is 57.5. The number of rotatable bonds is 22. The number of methoxy groups -OCH3 is 1. The van der Waals surface area contributed by atoms with Crippen molar-refractivity contribution in [2.75, 3.05) is 13.7 Å². The maximum absolute atomic E-state index is 14.2. The van der Waals surface area contributed by atoms with Gasteiger partial charge in [-0.25, -0.2) is 4.79 Å². The van der Waals surface area contributed by atoms with Crippen molar-refractivity contribution in [3.8, 4) is 0 Å². The van der Waals surface area contributed by atoms with Crippen molar-refractivity contribution in [1.82, 2.24) is 5.48 Å². The van der Waals surface area contributed by atoms with Crippen molar-refractivity contribution in [2.24, 2.45) is 0 Å². The van der Waals surface area contributed by atoms with Gasteiger partial charge in [0.05, 0.1) is 57.4 Å². The molecule has 6 aromatic rings. The van der Waals surface area contributed by atoms with Crippen LogP contribution in [0.5, 0.6) is 0 Å². The molecular weight excluding hydrogens is 851 g/mol. The van der Waals surface area contributed by atoms with E-state index in [-0.39, 0.29) is 33.0 Å². The molecule has 2 heterocycles. The normalized spacial score (nSPS) is 25.0. The molecule has 0 bridgehead atoms. The first kappa shape index (κ1) is 47.9. The van der Waals surface area contributed by atoms with Gasteiger partial charge in [0, 0.05) is 7.11 Å². The minimum absolute atomic E-state index is 0.0927. The Morgan fingerprint density at radius 2 is 0.896 bits per heavy atom. The first-order valence-electron chi connectivity index (χ1n) is 22.8. The number of hydroxylamine groups is 1. The predicted molar refractivity (Wildman–Crippen MR) is 250 cm³/mol. The third kappa shape index (κ3) is 13.5. The van der Waals surface area contributed by atoms with Crippen LogP contribution >= 0.6 is 0 Å². The quantitative estimate of drug-likeness (QED) is 0.0518. The van der Waals surface area contributed by atoms with Gasteiger partial charge in [0.15, 0.2) is 12.4 Å². The maximum Gasteiger partial charge on any atom is 0.338 e. The topological polar surface area (TPSA) is 121 Å². The molecule has 0 spiro atoms. The highest BCUT2D eigenvalue weighted by Crippen LogP contribution is 2.33. The van der Waals surface area contributed by atoms with Crippen LogP contribution < -0.4 is 5.48 Å². The van der Waals surface area contributed by atoms with Gasteiger partial charge in [0.2, 0.25) is 6.29 Å². The van der Waals surface area contributed by atoms with E-state index in [0.29, 0.717) is 12.2 Å². The van der Waals surface area contributed by atoms with Crippen LogP contribution in [0.25, 0.3) is 0 Å². The molecule has 12 nitrogen and oxygen atoms in total. The molecular formula is C55H59NO11. The highest BCUT2D eigenvalue weighted by Gasteiger charge is 2.52. The Morgan fingerprint density at radius 3 is 1.37 bits per heavy atom. The summed E-state index contributed by atoms with van der Waals surface area (Å²) < 4.78 is 59.1. The second-order valence-corrected chi connectivity index (χ2v) is 16.5. The largest absolute Gasteiger partial charge is 0.450 e. The van der Waals surface area contributed by atoms with Crippen molar-refractivity contribution < 1.29 is 52.3 Å². The summed E-state index contributed by atoms with van der Waals surface area (Å²) in [5, 5.41) is 0. The zero-order valence-corrected chi connectivity index (χ0v) is 37.8. The second kappa shape index (κ2) is 25.0. The molecule has 0 saturated carbocycles. The second-order valence-electron chi connectivity index (χ2n) is 16.5. The Balaban J connectivity index is 1.13. The average molecular weight is 910 g/mol. The maximum atomic E-state index is 14.2. The van der Waals surface area contributed by atoms with Crippen molar-refractivity contribution in [1.29, 1.82) is 0 Å². The Morgan fingerprint density at radius 1 is 0.478 bits per heavy atom. The molecule has 2 fully saturated rings. The molecule has 10 atom stereocenters. The van der Waals surface area contributed by atoms with Gasteiger partial charge in [-0.1, -0.05) is 170 Å². The number of benzene rings is 6. The molecule has 8 rings (SSSR count). The average Bonchev–Trinajstić information content (AvgIpc) is 3.38.